The van der Waals surface area contributed by atoms with E-state index in [2.05, 4.69) is 11.0 Å². The number of piperazine rings is 1. The first-order valence-electron chi connectivity index (χ1n) is 13.5. The first-order chi connectivity index (χ1) is 20.0. The molecule has 0 saturated carbocycles. The van der Waals surface area contributed by atoms with Gasteiger partial charge in [-0.3, -0.25) is 18.8 Å². The van der Waals surface area contributed by atoms with E-state index in [1.807, 2.05) is 22.4 Å². The highest BCUT2D eigenvalue weighted by molar-refractivity contribution is 7.09. The molecule has 1 saturated heterocycles. The van der Waals surface area contributed by atoms with E-state index in [0.717, 1.165) is 33.9 Å². The van der Waals surface area contributed by atoms with E-state index < -0.39 is 47.0 Å². The monoisotopic (exact) mass is 601 g/mol. The Hall–Kier alpha value is -3.74. The smallest absolute Gasteiger partial charge is 0.363 e. The Morgan fingerprint density at radius 1 is 0.905 bits per heavy atom. The van der Waals surface area contributed by atoms with Crippen molar-refractivity contribution in [3.63, 3.8) is 0 Å². The Bertz CT molecular complexity index is 1640. The van der Waals surface area contributed by atoms with Crippen LogP contribution in [-0.4, -0.2) is 40.2 Å². The number of thiophene rings is 1. The summed E-state index contributed by atoms with van der Waals surface area (Å²) < 4.78 is 58.4. The molecule has 2 aromatic heterocycles. The minimum atomic E-state index is -4.83. The van der Waals surface area contributed by atoms with Gasteiger partial charge in [0.15, 0.2) is 0 Å². The first kappa shape index (κ1) is 29.7. The molecule has 3 heterocycles. The number of nitrogens with zero attached hydrogens (tertiary/aromatic N) is 4. The molecule has 0 spiro atoms. The Morgan fingerprint density at radius 3 is 2.26 bits per heavy atom. The summed E-state index contributed by atoms with van der Waals surface area (Å²) in [7, 11) is 0. The average Bonchev–Trinajstić information content (AvgIpc) is 3.48. The van der Waals surface area contributed by atoms with Crippen LogP contribution in [0, 0.1) is 12.7 Å². The van der Waals surface area contributed by atoms with Crippen molar-refractivity contribution in [2.24, 2.45) is 5.73 Å². The maximum Gasteiger partial charge on any atom is 0.416 e. The molecule has 7 nitrogen and oxygen atoms in total. The summed E-state index contributed by atoms with van der Waals surface area (Å²) in [5, 5.41) is 2.01. The van der Waals surface area contributed by atoms with Crippen LogP contribution < -0.4 is 21.9 Å². The van der Waals surface area contributed by atoms with Crippen LogP contribution in [0.5, 0.6) is 0 Å². The van der Waals surface area contributed by atoms with Crippen molar-refractivity contribution in [2.75, 3.05) is 31.1 Å². The molecule has 222 valence electrons. The second kappa shape index (κ2) is 12.2. The van der Waals surface area contributed by atoms with Gasteiger partial charge in [-0.05, 0) is 36.1 Å². The lowest BCUT2D eigenvalue weighted by atomic mass is 10.1. The van der Waals surface area contributed by atoms with Gasteiger partial charge in [0.05, 0.1) is 18.7 Å². The largest absolute Gasteiger partial charge is 0.416 e. The van der Waals surface area contributed by atoms with E-state index in [4.69, 9.17) is 5.73 Å². The molecule has 0 unspecified atom stereocenters. The van der Waals surface area contributed by atoms with Crippen LogP contribution in [0.4, 0.5) is 23.2 Å². The summed E-state index contributed by atoms with van der Waals surface area (Å²) in [4.78, 5) is 33.0. The zero-order chi connectivity index (χ0) is 30.0. The molecule has 1 aliphatic heterocycles. The van der Waals surface area contributed by atoms with Crippen molar-refractivity contribution in [1.82, 2.24) is 14.0 Å². The van der Waals surface area contributed by atoms with Gasteiger partial charge in [-0.1, -0.05) is 42.5 Å². The summed E-state index contributed by atoms with van der Waals surface area (Å²) in [6, 6.07) is 14.9. The SMILES string of the molecule is Cc1c(N2CCN(Cc3cccs3)CC2)c(=O)n(C[C@H](N)c2ccccc2)c(=O)n1Cc1c(F)cccc1C(F)(F)F. The quantitative estimate of drug-likeness (QED) is 0.299. The summed E-state index contributed by atoms with van der Waals surface area (Å²) in [6.45, 7) is 3.63. The summed E-state index contributed by atoms with van der Waals surface area (Å²) in [6.07, 6.45) is -4.83. The molecule has 2 N–H and O–H groups in total. The predicted octanol–water partition coefficient (Wildman–Crippen LogP) is 4.61. The van der Waals surface area contributed by atoms with E-state index in [0.29, 0.717) is 31.7 Å². The van der Waals surface area contributed by atoms with Crippen molar-refractivity contribution in [2.45, 2.75) is 38.8 Å². The second-order valence-corrected chi connectivity index (χ2v) is 11.4. The molecule has 42 heavy (non-hydrogen) atoms. The highest BCUT2D eigenvalue weighted by Crippen LogP contribution is 2.33. The number of halogens is 4. The fraction of sp³-hybridized carbons (Fsp3) is 0.333. The van der Waals surface area contributed by atoms with Gasteiger partial charge in [-0.15, -0.1) is 11.3 Å². The summed E-state index contributed by atoms with van der Waals surface area (Å²) in [5.74, 6) is -1.08. The third-order valence-electron chi connectivity index (χ3n) is 7.65. The number of alkyl halides is 3. The van der Waals surface area contributed by atoms with Crippen LogP contribution in [-0.2, 0) is 25.8 Å². The zero-order valence-electron chi connectivity index (χ0n) is 23.0. The number of benzene rings is 2. The number of hydrogen-bond donors (Lipinski definition) is 1. The van der Waals surface area contributed by atoms with Crippen molar-refractivity contribution in [3.05, 3.63) is 120 Å². The van der Waals surface area contributed by atoms with Crippen molar-refractivity contribution >= 4 is 17.0 Å². The molecule has 0 aliphatic carbocycles. The first-order valence-corrected chi connectivity index (χ1v) is 14.4. The topological polar surface area (TPSA) is 76.5 Å². The lowest BCUT2D eigenvalue weighted by Crippen LogP contribution is -2.51. The molecule has 1 aliphatic rings. The van der Waals surface area contributed by atoms with E-state index in [-0.39, 0.29) is 17.9 Å². The molecule has 5 rings (SSSR count). The van der Waals surface area contributed by atoms with E-state index in [1.165, 1.54) is 11.8 Å². The van der Waals surface area contributed by atoms with E-state index in [9.17, 15) is 27.2 Å². The Labute approximate surface area is 244 Å². The molecule has 0 radical (unpaired) electrons. The van der Waals surface area contributed by atoms with Gasteiger partial charge in [-0.2, -0.15) is 13.2 Å². The number of aromatic nitrogens is 2. The maximum absolute atomic E-state index is 14.9. The fourth-order valence-corrected chi connectivity index (χ4v) is 6.14. The van der Waals surface area contributed by atoms with Crippen molar-refractivity contribution < 1.29 is 17.6 Å². The predicted molar refractivity (Wildman–Crippen MR) is 155 cm³/mol. The van der Waals surface area contributed by atoms with Crippen LogP contribution >= 0.6 is 11.3 Å². The number of anilines is 1. The molecule has 2 aromatic carbocycles. The number of hydrogen-bond acceptors (Lipinski definition) is 6. The second-order valence-electron chi connectivity index (χ2n) is 10.3. The van der Waals surface area contributed by atoms with Crippen molar-refractivity contribution in [3.8, 4) is 0 Å². The van der Waals surface area contributed by atoms with Crippen LogP contribution in [0.2, 0.25) is 0 Å². The lowest BCUT2D eigenvalue weighted by Gasteiger charge is -2.36. The normalized spacial score (nSPS) is 15.2. The van der Waals surface area contributed by atoms with Gasteiger partial charge in [0.1, 0.15) is 11.5 Å². The Kier molecular flexibility index (Phi) is 8.67. The fourth-order valence-electron chi connectivity index (χ4n) is 5.40. The molecule has 0 amide bonds. The maximum atomic E-state index is 14.9. The lowest BCUT2D eigenvalue weighted by molar-refractivity contribution is -0.138. The highest BCUT2D eigenvalue weighted by Gasteiger charge is 2.35. The molecule has 1 fully saturated rings. The van der Waals surface area contributed by atoms with Gasteiger partial charge in [0.2, 0.25) is 0 Å². The third-order valence-corrected chi connectivity index (χ3v) is 8.51. The number of nitrogens with two attached hydrogens (primary N) is 1. The van der Waals surface area contributed by atoms with E-state index in [1.54, 1.807) is 35.6 Å². The van der Waals surface area contributed by atoms with E-state index >= 15 is 0 Å². The average molecular weight is 602 g/mol. The summed E-state index contributed by atoms with van der Waals surface area (Å²) >= 11 is 1.66. The third kappa shape index (κ3) is 6.20. The number of rotatable bonds is 8. The van der Waals surface area contributed by atoms with Gasteiger partial charge in [0.25, 0.3) is 5.56 Å². The minimum Gasteiger partial charge on any atom is -0.363 e. The molecule has 12 heteroatoms. The molecule has 1 atom stereocenters. The summed E-state index contributed by atoms with van der Waals surface area (Å²) in [5.41, 5.74) is 4.20. The standard InChI is InChI=1S/C30H31F4N5O2S/c1-20-27(37-14-12-36(13-15-37)17-22-9-6-16-42-22)28(40)39(19-26(35)21-7-3-2-4-8-21)29(41)38(20)18-23-24(30(32,33)34)10-5-11-25(23)31/h2-11,16,26H,12-15,17-19,35H2,1H3/t26-/m0/s1. The van der Waals surface area contributed by atoms with Gasteiger partial charge >= 0.3 is 11.9 Å². The van der Waals surface area contributed by atoms with Gasteiger partial charge in [0, 0.05) is 54.9 Å². The van der Waals surface area contributed by atoms with Crippen LogP contribution in [0.25, 0.3) is 0 Å². The van der Waals surface area contributed by atoms with Crippen LogP contribution in [0.1, 0.15) is 33.3 Å². The molecule has 0 bridgehead atoms. The minimum absolute atomic E-state index is 0.178. The van der Waals surface area contributed by atoms with Crippen molar-refractivity contribution in [1.29, 1.82) is 0 Å². The Morgan fingerprint density at radius 2 is 1.62 bits per heavy atom. The van der Waals surface area contributed by atoms with Crippen LogP contribution in [0.3, 0.4) is 0 Å². The highest BCUT2D eigenvalue weighted by atomic mass is 32.1. The molecular formula is C30H31F4N5O2S. The van der Waals surface area contributed by atoms with Gasteiger partial charge in [-0.25, -0.2) is 9.18 Å². The van der Waals surface area contributed by atoms with Gasteiger partial charge < -0.3 is 10.6 Å². The molecular weight excluding hydrogens is 570 g/mol. The Balaban J connectivity index is 1.56. The molecule has 4 aromatic rings. The zero-order valence-corrected chi connectivity index (χ0v) is 23.8. The van der Waals surface area contributed by atoms with Crippen LogP contribution in [0.15, 0.2) is 75.6 Å².